The molecule has 1 aromatic heterocycles. The van der Waals surface area contributed by atoms with Crippen LogP contribution in [0.5, 0.6) is 5.75 Å². The number of ether oxygens (including phenoxy) is 5. The lowest BCUT2D eigenvalue weighted by Crippen LogP contribution is -2.60. The first-order chi connectivity index (χ1) is 28.0. The van der Waals surface area contributed by atoms with Crippen molar-refractivity contribution < 1.29 is 68.3 Å². The van der Waals surface area contributed by atoms with Crippen molar-refractivity contribution in [2.24, 2.45) is 5.73 Å². The quantitative estimate of drug-likeness (QED) is 0.126. The molecule has 17 nitrogen and oxygen atoms in total. The van der Waals surface area contributed by atoms with Gasteiger partial charge in [0.2, 0.25) is 5.78 Å². The number of ketones is 2. The molecule has 4 heterocycles. The van der Waals surface area contributed by atoms with Crippen molar-refractivity contribution >= 4 is 22.5 Å². The van der Waals surface area contributed by atoms with E-state index in [0.29, 0.717) is 0 Å². The molecule has 328 valence electrons. The maximum absolute atomic E-state index is 14.8. The first kappa shape index (κ1) is 44.4. The average Bonchev–Trinajstić information content (AvgIpc) is 3.16. The number of rotatable bonds is 9. The predicted molar refractivity (Wildman–Crippen MR) is 212 cm³/mol. The SMILES string of the molecule is C[C@@H]1O[C@@H](O[C@@H]2[C@H](C)O[C@@H](c3ccc4c(c3O)C(=O)c3c(cc(CO[C@@H]5C[C@@](C)(N)[C@@H](O)[C@@H](C)O5)c5c(=O)cc([C@@](C)(O)[C@H](C)O)oc35)C4=O)C[C@@H]2N(C)C)C[C@H](O)[C@@H]1O. The number of carbonyl (C=O) groups is 2. The van der Waals surface area contributed by atoms with E-state index in [0.717, 1.165) is 6.07 Å². The molecule has 3 fully saturated rings. The molecule has 0 bridgehead atoms. The molecule has 60 heavy (non-hydrogen) atoms. The minimum Gasteiger partial charge on any atom is -0.507 e. The summed E-state index contributed by atoms with van der Waals surface area (Å²) in [6, 6.07) is 5.02. The number of fused-ring (bicyclic) bond motifs is 4. The van der Waals surface area contributed by atoms with Gasteiger partial charge in [-0.3, -0.25) is 14.4 Å². The van der Waals surface area contributed by atoms with Crippen LogP contribution in [0.1, 0.15) is 116 Å². The Morgan fingerprint density at radius 3 is 2.27 bits per heavy atom. The Morgan fingerprint density at radius 1 is 0.950 bits per heavy atom. The summed E-state index contributed by atoms with van der Waals surface area (Å²) < 4.78 is 36.7. The number of phenolic OH excluding ortho intramolecular Hbond substituents is 1. The number of hydrogen-bond acceptors (Lipinski definition) is 17. The lowest BCUT2D eigenvalue weighted by molar-refractivity contribution is -0.287. The number of benzene rings is 2. The highest BCUT2D eigenvalue weighted by atomic mass is 16.7. The van der Waals surface area contributed by atoms with Gasteiger partial charge in [-0.2, -0.15) is 0 Å². The van der Waals surface area contributed by atoms with E-state index in [1.165, 1.54) is 32.0 Å². The van der Waals surface area contributed by atoms with Crippen LogP contribution in [0.3, 0.4) is 0 Å². The molecule has 14 atom stereocenters. The summed E-state index contributed by atoms with van der Waals surface area (Å²) >= 11 is 0. The van der Waals surface area contributed by atoms with Crippen molar-refractivity contribution in [2.75, 3.05) is 14.1 Å². The Bertz CT molecular complexity index is 2210. The summed E-state index contributed by atoms with van der Waals surface area (Å²) in [5, 5.41) is 64.5. The fraction of sp³-hybridized carbons (Fsp3) is 0.605. The van der Waals surface area contributed by atoms with Gasteiger partial charge in [-0.1, -0.05) is 6.07 Å². The fourth-order valence-electron chi connectivity index (χ4n) is 8.86. The maximum atomic E-state index is 14.8. The highest BCUT2D eigenvalue weighted by molar-refractivity contribution is 6.32. The summed E-state index contributed by atoms with van der Waals surface area (Å²) in [5.41, 5.74) is 1.59. The van der Waals surface area contributed by atoms with Crippen LogP contribution in [0.4, 0.5) is 0 Å². The molecule has 0 amide bonds. The topological polar surface area (TPSA) is 261 Å². The molecule has 0 unspecified atom stereocenters. The Labute approximate surface area is 346 Å². The van der Waals surface area contributed by atoms with Gasteiger partial charge < -0.3 is 69.4 Å². The van der Waals surface area contributed by atoms with Gasteiger partial charge in [-0.15, -0.1) is 0 Å². The second-order valence-corrected chi connectivity index (χ2v) is 17.5. The third kappa shape index (κ3) is 7.73. The number of hydrogen-bond donors (Lipinski definition) is 7. The van der Waals surface area contributed by atoms with Gasteiger partial charge in [-0.05, 0) is 79.8 Å². The molecule has 1 aliphatic carbocycles. The molecule has 17 heteroatoms. The molecule has 4 aliphatic rings. The third-order valence-corrected chi connectivity index (χ3v) is 12.7. The number of carbonyl (C=O) groups excluding carboxylic acids is 2. The van der Waals surface area contributed by atoms with Crippen molar-refractivity contribution in [3.05, 3.63) is 73.6 Å². The second-order valence-electron chi connectivity index (χ2n) is 17.5. The lowest BCUT2D eigenvalue weighted by atomic mass is 9.79. The van der Waals surface area contributed by atoms with E-state index in [-0.39, 0.29) is 82.0 Å². The van der Waals surface area contributed by atoms with Gasteiger partial charge in [0.25, 0.3) is 0 Å². The van der Waals surface area contributed by atoms with E-state index in [1.54, 1.807) is 27.7 Å². The molecular weight excluding hydrogens is 784 g/mol. The second kappa shape index (κ2) is 16.2. The molecule has 3 saturated heterocycles. The van der Waals surface area contributed by atoms with Gasteiger partial charge in [0, 0.05) is 47.2 Å². The molecule has 3 aliphatic heterocycles. The van der Waals surface area contributed by atoms with Crippen LogP contribution in [0.2, 0.25) is 0 Å². The standard InChI is InChI=1S/C43H56N2O15/c1-17-35(49)27(48)14-30(57-17)60-39-18(2)56-28(12-25(39)45(7)8)22-9-10-23-33(37(22)51)38(52)34-24(36(23)50)11-21(16-55-31-15-42(5,44)41(53)19(3)58-31)32-26(47)13-29(59-40(32)34)43(6,54)20(4)46/h9-11,13,17-20,25,27-28,30-31,35,39,41,46,48-49,51,53-54H,12,14-16,44H2,1-8H3/t17-,18-,19+,20-,25-,27-,28+,30-,31-,35+,39+,41-,42+,43-/m0/s1. The van der Waals surface area contributed by atoms with Gasteiger partial charge in [0.05, 0.1) is 65.8 Å². The highest BCUT2D eigenvalue weighted by Gasteiger charge is 2.46. The smallest absolute Gasteiger partial charge is 0.202 e. The molecule has 2 aromatic carbocycles. The van der Waals surface area contributed by atoms with E-state index < -0.39 is 101 Å². The third-order valence-electron chi connectivity index (χ3n) is 12.7. The fourth-order valence-corrected chi connectivity index (χ4v) is 8.86. The summed E-state index contributed by atoms with van der Waals surface area (Å²) in [4.78, 5) is 45.2. The first-order valence-electron chi connectivity index (χ1n) is 20.3. The zero-order valence-corrected chi connectivity index (χ0v) is 34.9. The highest BCUT2D eigenvalue weighted by Crippen LogP contribution is 2.45. The zero-order valence-electron chi connectivity index (χ0n) is 34.9. The molecular formula is C43H56N2O15. The summed E-state index contributed by atoms with van der Waals surface area (Å²) in [5.74, 6) is -2.36. The number of nitrogens with zero attached hydrogens (tertiary/aromatic N) is 1. The minimum atomic E-state index is -2.10. The molecule has 0 spiro atoms. The maximum Gasteiger partial charge on any atom is 0.202 e. The largest absolute Gasteiger partial charge is 0.507 e. The van der Waals surface area contributed by atoms with Crippen LogP contribution in [0, 0.1) is 0 Å². The van der Waals surface area contributed by atoms with Gasteiger partial charge in [0.15, 0.2) is 29.4 Å². The lowest BCUT2D eigenvalue weighted by Gasteiger charge is -2.46. The summed E-state index contributed by atoms with van der Waals surface area (Å²) in [6.45, 7) is 8.96. The number of aliphatic hydroxyl groups is 5. The van der Waals surface area contributed by atoms with Crippen molar-refractivity contribution in [1.82, 2.24) is 4.90 Å². The minimum absolute atomic E-state index is 0.0515. The number of aromatic hydroxyl groups is 1. The van der Waals surface area contributed by atoms with Crippen LogP contribution < -0.4 is 11.2 Å². The van der Waals surface area contributed by atoms with Gasteiger partial charge in [-0.25, -0.2) is 0 Å². The summed E-state index contributed by atoms with van der Waals surface area (Å²) in [6.07, 6.45) is -9.10. The number of likely N-dealkylation sites (N-methyl/N-ethyl adjacent to an activating group) is 1. The van der Waals surface area contributed by atoms with Crippen molar-refractivity contribution in [1.29, 1.82) is 0 Å². The number of nitrogens with two attached hydrogens (primary N) is 1. The molecule has 7 rings (SSSR count). The van der Waals surface area contributed by atoms with Crippen LogP contribution in [0.15, 0.2) is 33.5 Å². The summed E-state index contributed by atoms with van der Waals surface area (Å²) in [7, 11) is 3.71. The Kier molecular flexibility index (Phi) is 12.0. The molecule has 8 N–H and O–H groups in total. The molecule has 0 saturated carbocycles. The van der Waals surface area contributed by atoms with E-state index in [4.69, 9.17) is 33.8 Å². The van der Waals surface area contributed by atoms with Crippen molar-refractivity contribution in [2.45, 2.75) is 152 Å². The van der Waals surface area contributed by atoms with Crippen LogP contribution >= 0.6 is 0 Å². The van der Waals surface area contributed by atoms with Gasteiger partial charge >= 0.3 is 0 Å². The van der Waals surface area contributed by atoms with E-state index in [1.807, 2.05) is 19.0 Å². The van der Waals surface area contributed by atoms with E-state index in [2.05, 4.69) is 0 Å². The number of phenols is 1. The normalized spacial score (nSPS) is 35.0. The monoisotopic (exact) mass is 840 g/mol. The van der Waals surface area contributed by atoms with Crippen LogP contribution in [-0.4, -0.2) is 134 Å². The Hall–Kier alpha value is -3.69. The zero-order chi connectivity index (χ0) is 43.9. The van der Waals surface area contributed by atoms with Gasteiger partial charge in [0.1, 0.15) is 29.3 Å². The van der Waals surface area contributed by atoms with Crippen LogP contribution in [-0.2, 0) is 35.9 Å². The molecule has 3 aromatic rings. The first-order valence-corrected chi connectivity index (χ1v) is 20.3. The molecule has 0 radical (unpaired) electrons. The van der Waals surface area contributed by atoms with E-state index in [9.17, 15) is 45.0 Å². The van der Waals surface area contributed by atoms with Crippen LogP contribution in [0.25, 0.3) is 11.0 Å². The average molecular weight is 841 g/mol. The van der Waals surface area contributed by atoms with Crippen molar-refractivity contribution in [3.63, 3.8) is 0 Å². The predicted octanol–water partition coefficient (Wildman–Crippen LogP) is 1.61. The Morgan fingerprint density at radius 2 is 1.63 bits per heavy atom. The number of aliphatic hydroxyl groups excluding tert-OH is 4. The van der Waals surface area contributed by atoms with Crippen molar-refractivity contribution in [3.8, 4) is 5.75 Å². The Balaban J connectivity index is 1.26. The van der Waals surface area contributed by atoms with E-state index >= 15 is 0 Å².